The average molecular weight is 789 g/mol. The zero-order valence-electron chi connectivity index (χ0n) is 34.0. The smallest absolute Gasteiger partial charge is 0.0541 e. The van der Waals surface area contributed by atoms with Crippen molar-refractivity contribution in [3.05, 3.63) is 214 Å². The summed E-state index contributed by atoms with van der Waals surface area (Å²) in [7, 11) is 0. The Morgan fingerprint density at radius 3 is 2.03 bits per heavy atom. The van der Waals surface area contributed by atoms with Crippen LogP contribution < -0.4 is 4.90 Å². The Labute approximate surface area is 356 Å². The van der Waals surface area contributed by atoms with Crippen LogP contribution in [0.15, 0.2) is 176 Å². The molecule has 0 spiro atoms. The van der Waals surface area contributed by atoms with Crippen molar-refractivity contribution in [1.29, 1.82) is 0 Å². The molecule has 3 heteroatoms. The molecular formula is C57H44N2S. The minimum atomic E-state index is -0.0934. The Balaban J connectivity index is 0.946. The summed E-state index contributed by atoms with van der Waals surface area (Å²) in [6.07, 6.45) is 11.7. The second-order valence-electron chi connectivity index (χ2n) is 17.1. The summed E-state index contributed by atoms with van der Waals surface area (Å²) in [5.41, 5.74) is 20.7. The number of hydrogen-bond acceptors (Lipinski definition) is 2. The van der Waals surface area contributed by atoms with Gasteiger partial charge >= 0.3 is 0 Å². The fraction of sp³-hybridized carbons (Fsp3) is 0.123. The molecule has 7 aromatic carbocycles. The predicted molar refractivity (Wildman–Crippen MR) is 256 cm³/mol. The fourth-order valence-corrected chi connectivity index (χ4v) is 11.8. The van der Waals surface area contributed by atoms with Crippen LogP contribution in [0.25, 0.3) is 61.4 Å². The number of aromatic nitrogens is 1. The highest BCUT2D eigenvalue weighted by molar-refractivity contribution is 7.14. The lowest BCUT2D eigenvalue weighted by Crippen LogP contribution is -2.16. The van der Waals surface area contributed by atoms with Crippen LogP contribution in [0.3, 0.4) is 0 Å². The molecule has 3 aliphatic rings. The van der Waals surface area contributed by atoms with Crippen LogP contribution in [-0.4, -0.2) is 4.57 Å². The standard InChI is InChI=1S/C57H44N2S/c1-57(2)51-20-9-6-15-45(51)46-33-32-43(36-52(46)57)58(42-30-25-38(26-31-42)44-18-12-19-49-48-17-8-11-22-55(48)60-56(44)49)41-28-23-37(24-29-41)39-27-34-54-50(35-39)47-16-7-10-21-53(47)59(54)40-13-4-3-5-14-40/h3-7,9-11,13-16,18,20-36H,8,12,17,19H2,1-2H3. The number of anilines is 3. The molecule has 2 heterocycles. The zero-order chi connectivity index (χ0) is 40.0. The maximum atomic E-state index is 2.47. The Morgan fingerprint density at radius 2 is 1.20 bits per heavy atom. The highest BCUT2D eigenvalue weighted by Gasteiger charge is 2.36. The van der Waals surface area contributed by atoms with Gasteiger partial charge in [-0.05, 0) is 154 Å². The van der Waals surface area contributed by atoms with Crippen LogP contribution in [0.2, 0.25) is 0 Å². The Morgan fingerprint density at radius 1 is 0.533 bits per heavy atom. The van der Waals surface area contributed by atoms with Crippen molar-refractivity contribution < 1.29 is 0 Å². The van der Waals surface area contributed by atoms with E-state index in [1.54, 1.807) is 11.1 Å². The molecule has 0 N–H and O–H groups in total. The number of nitrogens with zero attached hydrogens (tertiary/aromatic N) is 2. The van der Waals surface area contributed by atoms with Gasteiger partial charge in [0.25, 0.3) is 0 Å². The third-order valence-corrected chi connectivity index (χ3v) is 14.6. The molecule has 0 atom stereocenters. The number of benzene rings is 7. The molecule has 0 unspecified atom stereocenters. The van der Waals surface area contributed by atoms with Gasteiger partial charge in [-0.25, -0.2) is 0 Å². The summed E-state index contributed by atoms with van der Waals surface area (Å²) in [5, 5.41) is 2.53. The van der Waals surface area contributed by atoms with Gasteiger partial charge in [0.1, 0.15) is 0 Å². The number of allylic oxidation sites excluding steroid dienone is 2. The maximum absolute atomic E-state index is 2.47. The van der Waals surface area contributed by atoms with Crippen LogP contribution in [-0.2, 0) is 18.3 Å². The zero-order valence-corrected chi connectivity index (χ0v) is 34.8. The number of para-hydroxylation sites is 2. The van der Waals surface area contributed by atoms with E-state index in [1.807, 2.05) is 11.3 Å². The van der Waals surface area contributed by atoms with Crippen molar-refractivity contribution >= 4 is 61.9 Å². The Bertz CT molecular complexity index is 3210. The normalized spacial score (nSPS) is 14.7. The lowest BCUT2D eigenvalue weighted by Gasteiger charge is -2.28. The lowest BCUT2D eigenvalue weighted by atomic mass is 9.82. The summed E-state index contributed by atoms with van der Waals surface area (Å²) in [4.78, 5) is 5.38. The van der Waals surface area contributed by atoms with Crippen LogP contribution in [0.5, 0.6) is 0 Å². The SMILES string of the molecule is CC1(C)c2ccccc2-c2ccc(N(c3ccc(C4=CCCc5c4sc4c5CCC=C4)cc3)c3ccc(-c4ccc5c(c4)c4ccccc4n5-c4ccccc4)cc3)cc21. The van der Waals surface area contributed by atoms with Crippen LogP contribution in [0, 0.1) is 0 Å². The molecule has 0 saturated carbocycles. The van der Waals surface area contributed by atoms with E-state index in [0.29, 0.717) is 0 Å². The summed E-state index contributed by atoms with van der Waals surface area (Å²) >= 11 is 1.98. The fourth-order valence-electron chi connectivity index (χ4n) is 10.4. The van der Waals surface area contributed by atoms with Gasteiger partial charge in [0, 0.05) is 48.7 Å². The van der Waals surface area contributed by atoms with E-state index in [-0.39, 0.29) is 5.41 Å². The first-order valence-corrected chi connectivity index (χ1v) is 22.2. The number of rotatable bonds is 6. The summed E-state index contributed by atoms with van der Waals surface area (Å²) in [5.74, 6) is 0. The van der Waals surface area contributed by atoms with Crippen molar-refractivity contribution in [3.63, 3.8) is 0 Å². The number of thiophene rings is 1. The molecule has 2 aromatic heterocycles. The van der Waals surface area contributed by atoms with E-state index in [0.717, 1.165) is 30.6 Å². The summed E-state index contributed by atoms with van der Waals surface area (Å²) < 4.78 is 2.38. The first-order valence-electron chi connectivity index (χ1n) is 21.4. The third-order valence-electron chi connectivity index (χ3n) is 13.4. The Kier molecular flexibility index (Phi) is 8.05. The summed E-state index contributed by atoms with van der Waals surface area (Å²) in [6.45, 7) is 4.74. The van der Waals surface area contributed by atoms with Crippen molar-refractivity contribution in [1.82, 2.24) is 4.57 Å². The van der Waals surface area contributed by atoms with Crippen molar-refractivity contribution in [2.45, 2.75) is 44.9 Å². The molecular weight excluding hydrogens is 745 g/mol. The van der Waals surface area contributed by atoms with E-state index in [9.17, 15) is 0 Å². The molecule has 288 valence electrons. The van der Waals surface area contributed by atoms with Gasteiger partial charge in [0.2, 0.25) is 0 Å². The average Bonchev–Trinajstić information content (AvgIpc) is 3.92. The number of hydrogen-bond donors (Lipinski definition) is 0. The second kappa shape index (κ2) is 13.7. The van der Waals surface area contributed by atoms with Crippen LogP contribution >= 0.6 is 11.3 Å². The van der Waals surface area contributed by atoms with Gasteiger partial charge in [-0.15, -0.1) is 11.3 Å². The predicted octanol–water partition coefficient (Wildman–Crippen LogP) is 15.6. The van der Waals surface area contributed by atoms with Crippen LogP contribution in [0.4, 0.5) is 17.1 Å². The molecule has 0 amide bonds. The van der Waals surface area contributed by atoms with E-state index in [1.165, 1.54) is 93.9 Å². The Hall–Kier alpha value is -6.68. The molecule has 3 aliphatic carbocycles. The van der Waals surface area contributed by atoms with Gasteiger partial charge < -0.3 is 9.47 Å². The van der Waals surface area contributed by atoms with E-state index in [2.05, 4.69) is 205 Å². The van der Waals surface area contributed by atoms with Gasteiger partial charge in [0.05, 0.1) is 11.0 Å². The van der Waals surface area contributed by atoms with E-state index >= 15 is 0 Å². The first-order chi connectivity index (χ1) is 29.5. The minimum Gasteiger partial charge on any atom is -0.310 e. The third kappa shape index (κ3) is 5.46. The molecule has 0 bridgehead atoms. The first kappa shape index (κ1) is 35.3. The minimum absolute atomic E-state index is 0.0934. The molecule has 0 radical (unpaired) electrons. The highest BCUT2D eigenvalue weighted by Crippen LogP contribution is 2.51. The molecule has 0 saturated heterocycles. The lowest BCUT2D eigenvalue weighted by molar-refractivity contribution is 0.660. The molecule has 12 rings (SSSR count). The molecule has 0 fully saturated rings. The van der Waals surface area contributed by atoms with Crippen molar-refractivity contribution in [2.24, 2.45) is 0 Å². The van der Waals surface area contributed by atoms with E-state index < -0.39 is 0 Å². The maximum Gasteiger partial charge on any atom is 0.0541 e. The quantitative estimate of drug-likeness (QED) is 0.163. The van der Waals surface area contributed by atoms with Gasteiger partial charge in [-0.2, -0.15) is 0 Å². The molecule has 9 aromatic rings. The van der Waals surface area contributed by atoms with Gasteiger partial charge in [-0.1, -0.05) is 123 Å². The second-order valence-corrected chi connectivity index (χ2v) is 18.2. The number of fused-ring (bicyclic) bond motifs is 9. The largest absolute Gasteiger partial charge is 0.310 e. The van der Waals surface area contributed by atoms with Gasteiger partial charge in [0.15, 0.2) is 0 Å². The highest BCUT2D eigenvalue weighted by atomic mass is 32.1. The van der Waals surface area contributed by atoms with Crippen molar-refractivity contribution in [3.8, 4) is 27.9 Å². The van der Waals surface area contributed by atoms with E-state index in [4.69, 9.17) is 0 Å². The summed E-state index contributed by atoms with van der Waals surface area (Å²) in [6, 6.07) is 60.9. The monoisotopic (exact) mass is 788 g/mol. The molecule has 2 nitrogen and oxygen atoms in total. The van der Waals surface area contributed by atoms with Gasteiger partial charge in [-0.3, -0.25) is 0 Å². The van der Waals surface area contributed by atoms with Crippen molar-refractivity contribution in [2.75, 3.05) is 4.90 Å². The van der Waals surface area contributed by atoms with Crippen LogP contribution in [0.1, 0.15) is 64.3 Å². The molecule has 60 heavy (non-hydrogen) atoms. The topological polar surface area (TPSA) is 8.17 Å². The molecule has 0 aliphatic heterocycles.